The summed E-state index contributed by atoms with van der Waals surface area (Å²) < 4.78 is 0. The van der Waals surface area contributed by atoms with Gasteiger partial charge in [0.1, 0.15) is 0 Å². The zero-order chi connectivity index (χ0) is 6.08. The van der Waals surface area contributed by atoms with Gasteiger partial charge in [-0.1, -0.05) is 20.8 Å². The molecule has 3 heteroatoms. The van der Waals surface area contributed by atoms with Gasteiger partial charge in [0, 0.05) is 0 Å². The van der Waals surface area contributed by atoms with E-state index in [2.05, 4.69) is 8.86 Å². The van der Waals surface area contributed by atoms with Crippen LogP contribution in [0.5, 0.6) is 0 Å². The van der Waals surface area contributed by atoms with Gasteiger partial charge in [-0.05, 0) is 5.41 Å². The fourth-order valence-electron chi connectivity index (χ4n) is 0. The summed E-state index contributed by atoms with van der Waals surface area (Å²) in [7, 11) is 2.90. The van der Waals surface area contributed by atoms with Crippen molar-refractivity contribution in [3.63, 3.8) is 0 Å². The molecular weight excluding hydrogens is 114 g/mol. The van der Waals surface area contributed by atoms with Crippen LogP contribution in [0.2, 0.25) is 0 Å². The molecule has 1 nitrogen and oxygen atoms in total. The van der Waals surface area contributed by atoms with Gasteiger partial charge >= 0.3 is 18.9 Å². The van der Waals surface area contributed by atoms with Crippen LogP contribution < -0.4 is 24.0 Å². The molecule has 42 valence electrons. The van der Waals surface area contributed by atoms with Gasteiger partial charge in [-0.3, -0.25) is 0 Å². The van der Waals surface area contributed by atoms with E-state index >= 15 is 0 Å². The van der Waals surface area contributed by atoms with Crippen molar-refractivity contribution in [2.45, 2.75) is 20.8 Å². The third-order valence-electron chi connectivity index (χ3n) is 0.681. The quantitative estimate of drug-likeness (QED) is 0.262. The summed E-state index contributed by atoms with van der Waals surface area (Å²) in [4.78, 5) is 0. The van der Waals surface area contributed by atoms with Crippen molar-refractivity contribution >= 4 is 14.3 Å². The van der Waals surface area contributed by atoms with E-state index in [0.29, 0.717) is 0 Å². The molecule has 0 aliphatic carbocycles. The van der Waals surface area contributed by atoms with Crippen LogP contribution in [0.25, 0.3) is 0 Å². The molecule has 0 amide bonds. The number of hydrogen-bond acceptors (Lipinski definition) is 1. The molecule has 0 fully saturated rings. The predicted octanol–water partition coefficient (Wildman–Crippen LogP) is -2.33. The van der Waals surface area contributed by atoms with Crippen LogP contribution in [-0.2, 0) is 0 Å². The summed E-state index contributed by atoms with van der Waals surface area (Å²) in [5.41, 5.74) is -0.177. The molecule has 0 aliphatic heterocycles. The minimum absolute atomic E-state index is 0. The topological polar surface area (TPSA) is 23.1 Å². The molecule has 0 N–H and O–H groups in total. The molecule has 0 aromatic rings. The summed E-state index contributed by atoms with van der Waals surface area (Å²) in [6.45, 7) is 5.59. The summed E-state index contributed by atoms with van der Waals surface area (Å²) in [6, 6.07) is 0. The molecule has 8 heavy (non-hydrogen) atoms. The van der Waals surface area contributed by atoms with Crippen molar-refractivity contribution in [1.82, 2.24) is 0 Å². The number of rotatable bonds is 0. The van der Waals surface area contributed by atoms with Crippen LogP contribution in [0.4, 0.5) is 0 Å². The molecule has 0 unspecified atom stereocenters. The van der Waals surface area contributed by atoms with Crippen molar-refractivity contribution in [3.05, 3.63) is 0 Å². The van der Waals surface area contributed by atoms with E-state index in [1.165, 1.54) is 0 Å². The predicted molar refractivity (Wildman–Crippen MR) is 32.8 cm³/mol. The van der Waals surface area contributed by atoms with Gasteiger partial charge in [-0.15, -0.1) is 14.3 Å². The zero-order valence-corrected chi connectivity index (χ0v) is 6.91. The van der Waals surface area contributed by atoms with Crippen molar-refractivity contribution < 1.29 is 24.0 Å². The maximum absolute atomic E-state index is 10.4. The van der Waals surface area contributed by atoms with Gasteiger partial charge in [0.2, 0.25) is 0 Å². The SMILES string of the molecule is CC(C)(C)C([O-])=P.[Li+]. The average molecular weight is 124 g/mol. The van der Waals surface area contributed by atoms with Gasteiger partial charge in [-0.25, -0.2) is 0 Å². The summed E-state index contributed by atoms with van der Waals surface area (Å²) in [5, 5.41) is 10.4. The first-order valence-corrected chi connectivity index (χ1v) is 2.70. The first-order valence-electron chi connectivity index (χ1n) is 2.20. The van der Waals surface area contributed by atoms with Crippen LogP contribution >= 0.6 is 8.86 Å². The van der Waals surface area contributed by atoms with Crippen LogP contribution in [0.1, 0.15) is 20.8 Å². The maximum atomic E-state index is 10.4. The van der Waals surface area contributed by atoms with E-state index in [4.69, 9.17) is 0 Å². The first-order chi connectivity index (χ1) is 2.94. The Kier molecular flexibility index (Phi) is 5.32. The molecule has 0 aromatic heterocycles. The molecule has 0 saturated heterocycles. The fraction of sp³-hybridized carbons (Fsp3) is 0.800. The van der Waals surface area contributed by atoms with E-state index in [-0.39, 0.29) is 29.8 Å². The van der Waals surface area contributed by atoms with E-state index in [9.17, 15) is 5.11 Å². The Labute approximate surface area is 64.9 Å². The second-order valence-corrected chi connectivity index (χ2v) is 3.03. The minimum atomic E-state index is -0.225. The van der Waals surface area contributed by atoms with E-state index in [0.717, 1.165) is 0 Å². The van der Waals surface area contributed by atoms with Crippen LogP contribution in [-0.4, -0.2) is 5.48 Å². The monoisotopic (exact) mass is 124 g/mol. The molecule has 0 saturated carbocycles. The molecule has 0 aliphatic rings. The van der Waals surface area contributed by atoms with Crippen molar-refractivity contribution in [3.8, 4) is 0 Å². The molecule has 0 spiro atoms. The Morgan fingerprint density at radius 2 is 1.50 bits per heavy atom. The number of hydrogen-bond donors (Lipinski definition) is 0. The second kappa shape index (κ2) is 3.70. The Morgan fingerprint density at radius 3 is 1.50 bits per heavy atom. The Bertz CT molecular complexity index is 84.9. The first kappa shape index (κ1) is 11.5. The molecule has 0 bridgehead atoms. The van der Waals surface area contributed by atoms with E-state index < -0.39 is 0 Å². The van der Waals surface area contributed by atoms with Gasteiger partial charge < -0.3 is 5.11 Å². The van der Waals surface area contributed by atoms with Crippen molar-refractivity contribution in [1.29, 1.82) is 0 Å². The largest absolute Gasteiger partial charge is 1.00 e. The van der Waals surface area contributed by atoms with Crippen LogP contribution in [0.3, 0.4) is 0 Å². The zero-order valence-electron chi connectivity index (χ0n) is 5.91. The Balaban J connectivity index is 0. The van der Waals surface area contributed by atoms with E-state index in [1.54, 1.807) is 0 Å². The van der Waals surface area contributed by atoms with Crippen LogP contribution in [0.15, 0.2) is 0 Å². The standard InChI is InChI=1S/C5H11OP.Li/c1-5(2,3)4(6)7;/h6-7H,1-3H3;/q;+1/p-1. The van der Waals surface area contributed by atoms with Crippen LogP contribution in [0, 0.1) is 5.41 Å². The van der Waals surface area contributed by atoms with Gasteiger partial charge in [0.25, 0.3) is 0 Å². The summed E-state index contributed by atoms with van der Waals surface area (Å²) in [5.74, 6) is 0. The second-order valence-electron chi connectivity index (χ2n) is 2.58. The van der Waals surface area contributed by atoms with Crippen molar-refractivity contribution in [2.24, 2.45) is 5.41 Å². The summed E-state index contributed by atoms with van der Waals surface area (Å²) in [6.07, 6.45) is 0. The molecule has 0 heterocycles. The smallest absolute Gasteiger partial charge is 0.827 e. The average Bonchev–Trinajstić information content (AvgIpc) is 1.31. The minimum Gasteiger partial charge on any atom is -0.827 e. The Hall–Kier alpha value is 0.727. The molecule has 0 atom stereocenters. The van der Waals surface area contributed by atoms with Gasteiger partial charge in [0.15, 0.2) is 0 Å². The molecule has 0 aromatic carbocycles. The van der Waals surface area contributed by atoms with E-state index in [1.807, 2.05) is 20.8 Å². The third kappa shape index (κ3) is 4.88. The molecule has 0 radical (unpaired) electrons. The van der Waals surface area contributed by atoms with Gasteiger partial charge in [-0.2, -0.15) is 0 Å². The summed E-state index contributed by atoms with van der Waals surface area (Å²) >= 11 is 0. The normalized spacial score (nSPS) is 10.0. The molecule has 0 rings (SSSR count). The fourth-order valence-corrected chi connectivity index (χ4v) is 0. The molecular formula is C5H10LiOP. The Morgan fingerprint density at radius 1 is 1.38 bits per heavy atom. The van der Waals surface area contributed by atoms with Crippen molar-refractivity contribution in [2.75, 3.05) is 0 Å². The van der Waals surface area contributed by atoms with Gasteiger partial charge in [0.05, 0.1) is 0 Å². The maximum Gasteiger partial charge on any atom is 1.00 e. The third-order valence-corrected chi connectivity index (χ3v) is 1.43.